The summed E-state index contributed by atoms with van der Waals surface area (Å²) in [6.45, 7) is 1.18. The van der Waals surface area contributed by atoms with E-state index in [0.717, 1.165) is 16.7 Å². The van der Waals surface area contributed by atoms with E-state index in [9.17, 15) is 9.59 Å². The Balaban J connectivity index is 1.34. The van der Waals surface area contributed by atoms with Crippen molar-refractivity contribution in [2.45, 2.75) is 17.5 Å². The van der Waals surface area contributed by atoms with Crippen molar-refractivity contribution >= 4 is 45.6 Å². The topological polar surface area (TPSA) is 93.5 Å². The zero-order chi connectivity index (χ0) is 24.4. The van der Waals surface area contributed by atoms with E-state index in [0.29, 0.717) is 46.4 Å². The Morgan fingerprint density at radius 3 is 2.66 bits per heavy atom. The van der Waals surface area contributed by atoms with Gasteiger partial charge in [-0.05, 0) is 56.1 Å². The molecule has 1 N–H and O–H groups in total. The fourth-order valence-electron chi connectivity index (χ4n) is 3.77. The number of carbonyl (C=O) groups is 1. The van der Waals surface area contributed by atoms with Crippen LogP contribution in [0.4, 0.5) is 5.69 Å². The minimum Gasteiger partial charge on any atom is -0.431 e. The number of fused-ring (bicyclic) bond motifs is 2. The standard InChI is InChI=1S/C26H24N4O4S/c1-29(2)13-14-30-21-15-18(11-12-23(21)34-26(30)32)27-24(31)19-8-4-3-7-17(19)16-35-25-28-20-9-5-6-10-22(20)33-25/h3-12,15H,13-14,16H2,1-2H3,(H,27,31). The maximum atomic E-state index is 13.2. The molecule has 9 heteroatoms. The van der Waals surface area contributed by atoms with E-state index in [1.165, 1.54) is 11.8 Å². The smallest absolute Gasteiger partial charge is 0.419 e. The van der Waals surface area contributed by atoms with Crippen molar-refractivity contribution in [3.63, 3.8) is 0 Å². The molecule has 3 aromatic carbocycles. The minimum absolute atomic E-state index is 0.233. The number of oxazole rings is 2. The Morgan fingerprint density at radius 2 is 1.83 bits per heavy atom. The second-order valence-corrected chi connectivity index (χ2v) is 9.28. The lowest BCUT2D eigenvalue weighted by molar-refractivity contribution is 0.102. The SMILES string of the molecule is CN(C)CCn1c(=O)oc2ccc(NC(=O)c3ccccc3CSc3nc4ccccc4o3)cc21. The van der Waals surface area contributed by atoms with Crippen LogP contribution in [-0.2, 0) is 12.3 Å². The molecule has 0 unspecified atom stereocenters. The summed E-state index contributed by atoms with van der Waals surface area (Å²) >= 11 is 1.44. The van der Waals surface area contributed by atoms with Gasteiger partial charge in [0.1, 0.15) is 5.52 Å². The molecule has 0 aliphatic heterocycles. The normalized spacial score (nSPS) is 11.5. The molecule has 0 radical (unpaired) electrons. The predicted molar refractivity (Wildman–Crippen MR) is 137 cm³/mol. The van der Waals surface area contributed by atoms with Crippen LogP contribution >= 0.6 is 11.8 Å². The number of aromatic nitrogens is 2. The fraction of sp³-hybridized carbons (Fsp3) is 0.192. The molecule has 0 saturated carbocycles. The summed E-state index contributed by atoms with van der Waals surface area (Å²) < 4.78 is 12.7. The van der Waals surface area contributed by atoms with Gasteiger partial charge < -0.3 is 19.1 Å². The van der Waals surface area contributed by atoms with E-state index in [4.69, 9.17) is 8.83 Å². The Hall–Kier alpha value is -3.82. The summed E-state index contributed by atoms with van der Waals surface area (Å²) in [4.78, 5) is 31.9. The Labute approximate surface area is 205 Å². The number of thioether (sulfide) groups is 1. The molecular weight excluding hydrogens is 464 g/mol. The second-order valence-electron chi connectivity index (χ2n) is 8.35. The molecule has 1 amide bonds. The van der Waals surface area contributed by atoms with E-state index < -0.39 is 5.76 Å². The third-order valence-electron chi connectivity index (χ3n) is 5.58. The summed E-state index contributed by atoms with van der Waals surface area (Å²) in [5.41, 5.74) is 4.69. The van der Waals surface area contributed by atoms with Crippen molar-refractivity contribution in [3.05, 3.63) is 88.4 Å². The average Bonchev–Trinajstić information content (AvgIpc) is 3.41. The highest BCUT2D eigenvalue weighted by Gasteiger charge is 2.15. The van der Waals surface area contributed by atoms with Crippen LogP contribution < -0.4 is 11.1 Å². The summed E-state index contributed by atoms with van der Waals surface area (Å²) in [5, 5.41) is 3.51. The highest BCUT2D eigenvalue weighted by molar-refractivity contribution is 7.98. The van der Waals surface area contributed by atoms with Gasteiger partial charge >= 0.3 is 5.76 Å². The van der Waals surface area contributed by atoms with Crippen molar-refractivity contribution in [2.24, 2.45) is 0 Å². The Bertz CT molecular complexity index is 1530. The first kappa shape index (κ1) is 22.9. The number of carbonyl (C=O) groups excluding carboxylic acids is 1. The van der Waals surface area contributed by atoms with Gasteiger partial charge in [-0.3, -0.25) is 9.36 Å². The van der Waals surface area contributed by atoms with Gasteiger partial charge in [-0.2, -0.15) is 0 Å². The maximum Gasteiger partial charge on any atom is 0.419 e. The third-order valence-corrected chi connectivity index (χ3v) is 6.46. The quantitative estimate of drug-likeness (QED) is 0.312. The average molecular weight is 489 g/mol. The van der Waals surface area contributed by atoms with Crippen LogP contribution in [0.25, 0.3) is 22.2 Å². The number of rotatable bonds is 8. The van der Waals surface area contributed by atoms with Crippen LogP contribution in [0, 0.1) is 0 Å². The number of likely N-dealkylation sites (N-methyl/N-ethyl adjacent to an activating group) is 1. The first-order chi connectivity index (χ1) is 17.0. The fourth-order valence-corrected chi connectivity index (χ4v) is 4.61. The molecule has 35 heavy (non-hydrogen) atoms. The molecule has 5 rings (SSSR count). The van der Waals surface area contributed by atoms with Crippen LogP contribution in [0.2, 0.25) is 0 Å². The first-order valence-corrected chi connectivity index (χ1v) is 12.1. The highest BCUT2D eigenvalue weighted by atomic mass is 32.2. The lowest BCUT2D eigenvalue weighted by Crippen LogP contribution is -2.23. The van der Waals surface area contributed by atoms with E-state index in [1.807, 2.05) is 61.5 Å². The van der Waals surface area contributed by atoms with E-state index in [1.54, 1.807) is 28.8 Å². The first-order valence-electron chi connectivity index (χ1n) is 11.1. The summed E-state index contributed by atoms with van der Waals surface area (Å²) in [6, 6.07) is 20.3. The second kappa shape index (κ2) is 9.81. The molecule has 8 nitrogen and oxygen atoms in total. The van der Waals surface area contributed by atoms with E-state index in [2.05, 4.69) is 10.3 Å². The zero-order valence-corrected chi connectivity index (χ0v) is 20.2. The van der Waals surface area contributed by atoms with Gasteiger partial charge in [0.05, 0.1) is 5.52 Å². The van der Waals surface area contributed by atoms with Crippen molar-refractivity contribution in [1.29, 1.82) is 0 Å². The van der Waals surface area contributed by atoms with Crippen molar-refractivity contribution in [2.75, 3.05) is 26.0 Å². The monoisotopic (exact) mass is 488 g/mol. The number of hydrogen-bond acceptors (Lipinski definition) is 7. The molecule has 0 aliphatic carbocycles. The molecule has 0 atom stereocenters. The molecule has 2 aromatic heterocycles. The Kier molecular flexibility index (Phi) is 6.43. The van der Waals surface area contributed by atoms with Crippen molar-refractivity contribution < 1.29 is 13.6 Å². The maximum absolute atomic E-state index is 13.2. The van der Waals surface area contributed by atoms with Gasteiger partial charge in [-0.15, -0.1) is 0 Å². The summed E-state index contributed by atoms with van der Waals surface area (Å²) in [5.74, 6) is -0.114. The highest BCUT2D eigenvalue weighted by Crippen LogP contribution is 2.28. The van der Waals surface area contributed by atoms with Gasteiger partial charge in [-0.1, -0.05) is 42.1 Å². The number of hydrogen-bond donors (Lipinski definition) is 1. The van der Waals surface area contributed by atoms with Crippen LogP contribution in [0.5, 0.6) is 0 Å². The number of anilines is 1. The van der Waals surface area contributed by atoms with Gasteiger partial charge in [0, 0.05) is 30.1 Å². The van der Waals surface area contributed by atoms with Gasteiger partial charge in [-0.25, -0.2) is 9.78 Å². The van der Waals surface area contributed by atoms with E-state index in [-0.39, 0.29) is 5.91 Å². The Morgan fingerprint density at radius 1 is 1.03 bits per heavy atom. The molecule has 0 fully saturated rings. The summed E-state index contributed by atoms with van der Waals surface area (Å²) in [6.07, 6.45) is 0. The summed E-state index contributed by atoms with van der Waals surface area (Å²) in [7, 11) is 3.89. The number of para-hydroxylation sites is 2. The van der Waals surface area contributed by atoms with Crippen LogP contribution in [0.15, 0.2) is 85.6 Å². The number of nitrogens with zero attached hydrogens (tertiary/aromatic N) is 3. The largest absolute Gasteiger partial charge is 0.431 e. The predicted octanol–water partition coefficient (Wildman–Crippen LogP) is 4.84. The van der Waals surface area contributed by atoms with Gasteiger partial charge in [0.15, 0.2) is 11.2 Å². The molecule has 0 bridgehead atoms. The van der Waals surface area contributed by atoms with Crippen LogP contribution in [0.3, 0.4) is 0 Å². The number of benzene rings is 3. The van der Waals surface area contributed by atoms with Crippen molar-refractivity contribution in [1.82, 2.24) is 14.5 Å². The van der Waals surface area contributed by atoms with Gasteiger partial charge in [0.2, 0.25) is 0 Å². The molecule has 2 heterocycles. The molecule has 0 saturated heterocycles. The van der Waals surface area contributed by atoms with Crippen molar-refractivity contribution in [3.8, 4) is 0 Å². The lowest BCUT2D eigenvalue weighted by Gasteiger charge is -2.11. The number of nitrogens with one attached hydrogen (secondary N) is 1. The molecular formula is C26H24N4O4S. The van der Waals surface area contributed by atoms with Gasteiger partial charge in [0.25, 0.3) is 11.1 Å². The van der Waals surface area contributed by atoms with Crippen LogP contribution in [-0.4, -0.2) is 41.0 Å². The lowest BCUT2D eigenvalue weighted by atomic mass is 10.1. The minimum atomic E-state index is -0.410. The molecule has 178 valence electrons. The van der Waals surface area contributed by atoms with Crippen LogP contribution in [0.1, 0.15) is 15.9 Å². The number of amides is 1. The zero-order valence-electron chi connectivity index (χ0n) is 19.4. The molecule has 0 aliphatic rings. The third kappa shape index (κ3) is 5.01. The molecule has 0 spiro atoms. The van der Waals surface area contributed by atoms with E-state index >= 15 is 0 Å². The molecule has 5 aromatic rings.